The monoisotopic (exact) mass is 441 g/mol. The second-order valence-corrected chi connectivity index (χ2v) is 8.04. The van der Waals surface area contributed by atoms with Crippen molar-refractivity contribution in [1.82, 2.24) is 5.32 Å². The van der Waals surface area contributed by atoms with Gasteiger partial charge in [-0.15, -0.1) is 0 Å². The van der Waals surface area contributed by atoms with Gasteiger partial charge in [0, 0.05) is 24.6 Å². The minimum absolute atomic E-state index is 0.00730. The largest absolute Gasteiger partial charge is 0.449 e. The Labute approximate surface area is 183 Å². The Kier molecular flexibility index (Phi) is 6.20. The first-order valence-corrected chi connectivity index (χ1v) is 9.81. The van der Waals surface area contributed by atoms with E-state index in [4.69, 9.17) is 18.6 Å². The number of carbonyl (C=O) groups is 4. The van der Waals surface area contributed by atoms with Crippen molar-refractivity contribution >= 4 is 45.6 Å². The van der Waals surface area contributed by atoms with Crippen LogP contribution in [0.15, 0.2) is 34.7 Å². The molecule has 0 bridgehead atoms. The van der Waals surface area contributed by atoms with Gasteiger partial charge in [-0.3, -0.25) is 9.59 Å². The standard InChI is InChI=1S/C23H23NO8/c1-12(25)17-10-16-19(29-13(2)26)14-8-6-7-9-15(14)20(21(16)30-17)31-18(27)11-24-22(28)32-23(3,4)5/h6-10H,11H2,1-5H3,(H,24,28). The third-order valence-corrected chi connectivity index (χ3v) is 4.18. The Bertz CT molecular complexity index is 1230. The van der Waals surface area contributed by atoms with E-state index in [0.29, 0.717) is 16.2 Å². The van der Waals surface area contributed by atoms with Crippen molar-refractivity contribution in [2.75, 3.05) is 6.54 Å². The summed E-state index contributed by atoms with van der Waals surface area (Å²) in [6.45, 7) is 7.20. The number of ether oxygens (including phenoxy) is 3. The third kappa shape index (κ3) is 5.05. The Hall–Kier alpha value is -3.88. The second kappa shape index (κ2) is 8.70. The number of furan rings is 1. The van der Waals surface area contributed by atoms with Crippen molar-refractivity contribution in [2.24, 2.45) is 0 Å². The first-order chi connectivity index (χ1) is 15.0. The van der Waals surface area contributed by atoms with Crippen LogP contribution in [-0.4, -0.2) is 36.0 Å². The molecular weight excluding hydrogens is 418 g/mol. The minimum Gasteiger partial charge on any atom is -0.449 e. The van der Waals surface area contributed by atoms with Gasteiger partial charge < -0.3 is 23.9 Å². The van der Waals surface area contributed by atoms with Crippen molar-refractivity contribution in [3.8, 4) is 11.5 Å². The van der Waals surface area contributed by atoms with E-state index in [1.807, 2.05) is 0 Å². The number of benzene rings is 2. The summed E-state index contributed by atoms with van der Waals surface area (Å²) in [5.74, 6) is -1.48. The van der Waals surface area contributed by atoms with Crippen LogP contribution in [-0.2, 0) is 14.3 Å². The molecule has 0 fully saturated rings. The molecule has 9 nitrogen and oxygen atoms in total. The maximum atomic E-state index is 12.5. The summed E-state index contributed by atoms with van der Waals surface area (Å²) in [6.07, 6.45) is -0.772. The van der Waals surface area contributed by atoms with Crippen LogP contribution < -0.4 is 14.8 Å². The highest BCUT2D eigenvalue weighted by Crippen LogP contribution is 2.44. The lowest BCUT2D eigenvalue weighted by Crippen LogP contribution is -2.36. The van der Waals surface area contributed by atoms with Gasteiger partial charge >= 0.3 is 18.0 Å². The zero-order valence-electron chi connectivity index (χ0n) is 18.4. The van der Waals surface area contributed by atoms with E-state index in [0.717, 1.165) is 0 Å². The van der Waals surface area contributed by atoms with Gasteiger partial charge in [-0.25, -0.2) is 9.59 Å². The van der Waals surface area contributed by atoms with Gasteiger partial charge in [0.2, 0.25) is 0 Å². The molecular formula is C23H23NO8. The molecule has 0 aliphatic rings. The van der Waals surface area contributed by atoms with Crippen molar-refractivity contribution in [1.29, 1.82) is 0 Å². The Balaban J connectivity index is 2.03. The number of esters is 2. The number of Topliss-reactive ketones (excluding diaryl/α,β-unsaturated/α-hetero) is 1. The number of fused-ring (bicyclic) bond motifs is 2. The van der Waals surface area contributed by atoms with Crippen molar-refractivity contribution in [2.45, 2.75) is 40.2 Å². The number of nitrogens with one attached hydrogen (secondary N) is 1. The minimum atomic E-state index is -0.789. The third-order valence-electron chi connectivity index (χ3n) is 4.18. The second-order valence-electron chi connectivity index (χ2n) is 8.04. The molecule has 0 unspecified atom stereocenters. The molecule has 0 aliphatic carbocycles. The zero-order valence-corrected chi connectivity index (χ0v) is 18.4. The molecule has 168 valence electrons. The van der Waals surface area contributed by atoms with Gasteiger partial charge in [0.05, 0.1) is 5.39 Å². The number of hydrogen-bond acceptors (Lipinski definition) is 8. The molecule has 1 aromatic heterocycles. The van der Waals surface area contributed by atoms with Crippen LogP contribution in [0.5, 0.6) is 11.5 Å². The highest BCUT2D eigenvalue weighted by molar-refractivity contribution is 6.12. The van der Waals surface area contributed by atoms with Crippen LogP contribution in [0, 0.1) is 0 Å². The van der Waals surface area contributed by atoms with Gasteiger partial charge in [0.15, 0.2) is 22.9 Å². The average Bonchev–Trinajstić information content (AvgIpc) is 3.13. The number of alkyl carbamates (subject to hydrolysis) is 1. The summed E-state index contributed by atoms with van der Waals surface area (Å²) < 4.78 is 21.7. The summed E-state index contributed by atoms with van der Waals surface area (Å²) >= 11 is 0. The molecule has 0 saturated heterocycles. The molecule has 9 heteroatoms. The summed E-state index contributed by atoms with van der Waals surface area (Å²) in [5, 5.41) is 3.53. The molecule has 1 amide bonds. The molecule has 3 aromatic rings. The van der Waals surface area contributed by atoms with Crippen LogP contribution in [0.2, 0.25) is 0 Å². The molecule has 3 rings (SSSR count). The normalized spacial score (nSPS) is 11.3. The van der Waals surface area contributed by atoms with E-state index in [2.05, 4.69) is 5.32 Å². The lowest BCUT2D eigenvalue weighted by molar-refractivity contribution is -0.133. The predicted octanol–water partition coefficient (Wildman–Crippen LogP) is 4.14. The average molecular weight is 441 g/mol. The molecule has 1 heterocycles. The molecule has 2 aromatic carbocycles. The smallest absolute Gasteiger partial charge is 0.408 e. The highest BCUT2D eigenvalue weighted by atomic mass is 16.6. The summed E-state index contributed by atoms with van der Waals surface area (Å²) in [6, 6.07) is 8.20. The van der Waals surface area contributed by atoms with Crippen molar-refractivity contribution < 1.29 is 37.8 Å². The number of carbonyl (C=O) groups excluding carboxylic acids is 4. The van der Waals surface area contributed by atoms with Gasteiger partial charge in [0.25, 0.3) is 0 Å². The molecule has 0 saturated carbocycles. The zero-order chi connectivity index (χ0) is 23.6. The lowest BCUT2D eigenvalue weighted by atomic mass is 10.0. The van der Waals surface area contributed by atoms with Gasteiger partial charge in [0.1, 0.15) is 17.9 Å². The first kappa shape index (κ1) is 22.8. The van der Waals surface area contributed by atoms with E-state index in [-0.39, 0.29) is 28.6 Å². The number of hydrogen-bond donors (Lipinski definition) is 1. The molecule has 0 spiro atoms. The summed E-state index contributed by atoms with van der Waals surface area (Å²) in [5.41, 5.74) is -0.657. The van der Waals surface area contributed by atoms with Crippen LogP contribution >= 0.6 is 0 Å². The highest BCUT2D eigenvalue weighted by Gasteiger charge is 2.24. The van der Waals surface area contributed by atoms with Gasteiger partial charge in [-0.1, -0.05) is 24.3 Å². The number of amides is 1. The van der Waals surface area contributed by atoms with E-state index >= 15 is 0 Å². The molecule has 32 heavy (non-hydrogen) atoms. The van der Waals surface area contributed by atoms with E-state index in [1.165, 1.54) is 19.9 Å². The van der Waals surface area contributed by atoms with Crippen LogP contribution in [0.25, 0.3) is 21.7 Å². The van der Waals surface area contributed by atoms with E-state index in [1.54, 1.807) is 45.0 Å². The quantitative estimate of drug-likeness (QED) is 0.356. The lowest BCUT2D eigenvalue weighted by Gasteiger charge is -2.19. The van der Waals surface area contributed by atoms with E-state index < -0.39 is 30.2 Å². The molecule has 0 atom stereocenters. The Morgan fingerprint density at radius 1 is 0.938 bits per heavy atom. The van der Waals surface area contributed by atoms with Crippen LogP contribution in [0.4, 0.5) is 4.79 Å². The van der Waals surface area contributed by atoms with Gasteiger partial charge in [-0.2, -0.15) is 0 Å². The Morgan fingerprint density at radius 3 is 2.12 bits per heavy atom. The summed E-state index contributed by atoms with van der Waals surface area (Å²) in [7, 11) is 0. The molecule has 0 radical (unpaired) electrons. The number of rotatable bonds is 5. The Morgan fingerprint density at radius 2 is 1.56 bits per heavy atom. The van der Waals surface area contributed by atoms with Crippen LogP contribution in [0.3, 0.4) is 0 Å². The predicted molar refractivity (Wildman–Crippen MR) is 115 cm³/mol. The van der Waals surface area contributed by atoms with Crippen molar-refractivity contribution in [3.05, 3.63) is 36.1 Å². The SMILES string of the molecule is CC(=O)Oc1c2ccccc2c(OC(=O)CNC(=O)OC(C)(C)C)c2oc(C(C)=O)cc12. The molecule has 1 N–H and O–H groups in total. The first-order valence-electron chi connectivity index (χ1n) is 9.81. The van der Waals surface area contributed by atoms with E-state index in [9.17, 15) is 19.2 Å². The summed E-state index contributed by atoms with van der Waals surface area (Å²) in [4.78, 5) is 47.9. The fourth-order valence-corrected chi connectivity index (χ4v) is 3.01. The fourth-order valence-electron chi connectivity index (χ4n) is 3.01. The maximum absolute atomic E-state index is 12.5. The number of ketones is 1. The fraction of sp³-hybridized carbons (Fsp3) is 0.304. The van der Waals surface area contributed by atoms with Crippen LogP contribution in [0.1, 0.15) is 45.2 Å². The maximum Gasteiger partial charge on any atom is 0.408 e. The van der Waals surface area contributed by atoms with Gasteiger partial charge in [-0.05, 0) is 26.8 Å². The molecule has 0 aliphatic heterocycles. The topological polar surface area (TPSA) is 121 Å². The van der Waals surface area contributed by atoms with Crippen molar-refractivity contribution in [3.63, 3.8) is 0 Å².